The summed E-state index contributed by atoms with van der Waals surface area (Å²) in [6.45, 7) is 8.47. The van der Waals surface area contributed by atoms with Crippen molar-refractivity contribution in [2.24, 2.45) is 7.05 Å². The molecule has 5 heteroatoms. The molecule has 1 aromatic rings. The summed E-state index contributed by atoms with van der Waals surface area (Å²) in [7, 11) is 1.98. The first-order valence-electron chi connectivity index (χ1n) is 7.75. The normalized spacial score (nSPS) is 19.8. The van der Waals surface area contributed by atoms with E-state index in [2.05, 4.69) is 22.2 Å². The van der Waals surface area contributed by atoms with Gasteiger partial charge in [0.05, 0.1) is 16.4 Å². The molecule has 1 aromatic heterocycles. The van der Waals surface area contributed by atoms with E-state index in [1.54, 1.807) is 0 Å². The molecule has 20 heavy (non-hydrogen) atoms. The molecule has 1 fully saturated rings. The maximum absolute atomic E-state index is 6.38. The molecule has 1 aliphatic heterocycles. The van der Waals surface area contributed by atoms with Crippen LogP contribution in [0.2, 0.25) is 5.02 Å². The Hall–Kier alpha value is -0.580. The molecule has 1 atom stereocenters. The van der Waals surface area contributed by atoms with Crippen LogP contribution in [0, 0.1) is 6.92 Å². The first-order chi connectivity index (χ1) is 9.61. The van der Waals surface area contributed by atoms with Crippen molar-refractivity contribution >= 4 is 11.6 Å². The van der Waals surface area contributed by atoms with Crippen LogP contribution in [-0.2, 0) is 13.6 Å². The average Bonchev–Trinajstić information content (AvgIpc) is 2.67. The van der Waals surface area contributed by atoms with Gasteiger partial charge in [-0.05, 0) is 39.3 Å². The zero-order valence-corrected chi connectivity index (χ0v) is 13.7. The van der Waals surface area contributed by atoms with E-state index < -0.39 is 0 Å². The number of hydrogen-bond donors (Lipinski definition) is 1. The summed E-state index contributed by atoms with van der Waals surface area (Å²) >= 11 is 6.38. The Balaban J connectivity index is 2.00. The largest absolute Gasteiger partial charge is 0.313 e. The van der Waals surface area contributed by atoms with Crippen LogP contribution in [0.4, 0.5) is 0 Å². The van der Waals surface area contributed by atoms with Crippen LogP contribution < -0.4 is 5.32 Å². The van der Waals surface area contributed by atoms with Crippen molar-refractivity contribution in [1.29, 1.82) is 0 Å². The molecule has 1 unspecified atom stereocenters. The lowest BCUT2D eigenvalue weighted by Gasteiger charge is -2.30. The lowest BCUT2D eigenvalue weighted by Crippen LogP contribution is -2.43. The molecular weight excluding hydrogens is 272 g/mol. The number of hydrogen-bond acceptors (Lipinski definition) is 3. The third-order valence-corrected chi connectivity index (χ3v) is 4.56. The second kappa shape index (κ2) is 7.43. The second-order valence-electron chi connectivity index (χ2n) is 5.85. The van der Waals surface area contributed by atoms with Gasteiger partial charge >= 0.3 is 0 Å². The van der Waals surface area contributed by atoms with Crippen LogP contribution in [0.1, 0.15) is 44.0 Å². The van der Waals surface area contributed by atoms with Crippen LogP contribution >= 0.6 is 11.6 Å². The van der Waals surface area contributed by atoms with E-state index in [0.29, 0.717) is 6.04 Å². The Bertz CT molecular complexity index is 424. The van der Waals surface area contributed by atoms with E-state index in [0.717, 1.165) is 42.6 Å². The van der Waals surface area contributed by atoms with Gasteiger partial charge in [0.2, 0.25) is 0 Å². The average molecular weight is 299 g/mol. The number of piperidine rings is 1. The van der Waals surface area contributed by atoms with Crippen molar-refractivity contribution in [3.05, 3.63) is 16.4 Å². The summed E-state index contributed by atoms with van der Waals surface area (Å²) in [6, 6.07) is 0.628. The smallest absolute Gasteiger partial charge is 0.0860 e. The number of aromatic nitrogens is 2. The molecule has 2 heterocycles. The number of aryl methyl sites for hydroxylation is 2. The summed E-state index contributed by atoms with van der Waals surface area (Å²) in [5, 5.41) is 8.87. The SMILES string of the molecule is CCCN(Cc1c(Cl)c(C)nn1C)CC1CCCCN1. The lowest BCUT2D eigenvalue weighted by molar-refractivity contribution is 0.213. The lowest BCUT2D eigenvalue weighted by atomic mass is 10.0. The Morgan fingerprint density at radius 2 is 2.25 bits per heavy atom. The Morgan fingerprint density at radius 3 is 2.80 bits per heavy atom. The molecule has 0 saturated carbocycles. The summed E-state index contributed by atoms with van der Waals surface area (Å²) < 4.78 is 1.93. The van der Waals surface area contributed by atoms with Crippen LogP contribution in [0.15, 0.2) is 0 Å². The first-order valence-corrected chi connectivity index (χ1v) is 8.13. The van der Waals surface area contributed by atoms with Gasteiger partial charge in [-0.15, -0.1) is 0 Å². The van der Waals surface area contributed by atoms with Crippen molar-refractivity contribution in [3.63, 3.8) is 0 Å². The summed E-state index contributed by atoms with van der Waals surface area (Å²) in [5.41, 5.74) is 2.06. The first kappa shape index (κ1) is 15.8. The highest BCUT2D eigenvalue weighted by Crippen LogP contribution is 2.21. The predicted octanol–water partition coefficient (Wildman–Crippen LogP) is 2.74. The molecule has 2 rings (SSSR count). The maximum Gasteiger partial charge on any atom is 0.0860 e. The van der Waals surface area contributed by atoms with Gasteiger partial charge in [0.15, 0.2) is 0 Å². The molecule has 114 valence electrons. The zero-order valence-electron chi connectivity index (χ0n) is 13.0. The van der Waals surface area contributed by atoms with E-state index in [-0.39, 0.29) is 0 Å². The van der Waals surface area contributed by atoms with E-state index in [1.807, 2.05) is 18.7 Å². The molecule has 1 N–H and O–H groups in total. The minimum Gasteiger partial charge on any atom is -0.313 e. The summed E-state index contributed by atoms with van der Waals surface area (Å²) in [6.07, 6.45) is 5.12. The van der Waals surface area contributed by atoms with Gasteiger partial charge in [0, 0.05) is 26.2 Å². The Morgan fingerprint density at radius 1 is 1.45 bits per heavy atom. The Labute approximate surface area is 127 Å². The summed E-state index contributed by atoms with van der Waals surface area (Å²) in [4.78, 5) is 2.51. The van der Waals surface area contributed by atoms with Gasteiger partial charge in [-0.3, -0.25) is 9.58 Å². The molecule has 0 amide bonds. The third-order valence-electron chi connectivity index (χ3n) is 4.07. The van der Waals surface area contributed by atoms with E-state index in [1.165, 1.54) is 25.7 Å². The van der Waals surface area contributed by atoms with Gasteiger partial charge in [-0.1, -0.05) is 24.9 Å². The van der Waals surface area contributed by atoms with Crippen molar-refractivity contribution in [2.45, 2.75) is 52.1 Å². The molecule has 0 spiro atoms. The number of halogens is 1. The van der Waals surface area contributed by atoms with Gasteiger partial charge in [0.1, 0.15) is 0 Å². The molecule has 4 nitrogen and oxygen atoms in total. The maximum atomic E-state index is 6.38. The molecule has 1 aliphatic rings. The van der Waals surface area contributed by atoms with Crippen LogP contribution in [-0.4, -0.2) is 40.4 Å². The van der Waals surface area contributed by atoms with Crippen molar-refractivity contribution in [3.8, 4) is 0 Å². The van der Waals surface area contributed by atoms with E-state index in [4.69, 9.17) is 11.6 Å². The predicted molar refractivity (Wildman–Crippen MR) is 84.2 cm³/mol. The molecular formula is C15H27ClN4. The van der Waals surface area contributed by atoms with Crippen LogP contribution in [0.5, 0.6) is 0 Å². The minimum absolute atomic E-state index is 0.628. The minimum atomic E-state index is 0.628. The fraction of sp³-hybridized carbons (Fsp3) is 0.800. The van der Waals surface area contributed by atoms with Gasteiger partial charge in [-0.25, -0.2) is 0 Å². The molecule has 0 radical (unpaired) electrons. The highest BCUT2D eigenvalue weighted by molar-refractivity contribution is 6.31. The molecule has 0 aliphatic carbocycles. The summed E-state index contributed by atoms with van der Waals surface area (Å²) in [5.74, 6) is 0. The fourth-order valence-corrected chi connectivity index (χ4v) is 3.23. The van der Waals surface area contributed by atoms with E-state index in [9.17, 15) is 0 Å². The second-order valence-corrected chi connectivity index (χ2v) is 6.23. The van der Waals surface area contributed by atoms with Crippen LogP contribution in [0.3, 0.4) is 0 Å². The van der Waals surface area contributed by atoms with Crippen molar-refractivity contribution < 1.29 is 0 Å². The highest BCUT2D eigenvalue weighted by Gasteiger charge is 2.19. The van der Waals surface area contributed by atoms with Crippen molar-refractivity contribution in [1.82, 2.24) is 20.0 Å². The van der Waals surface area contributed by atoms with Gasteiger partial charge in [-0.2, -0.15) is 5.10 Å². The van der Waals surface area contributed by atoms with Crippen molar-refractivity contribution in [2.75, 3.05) is 19.6 Å². The molecule has 0 bridgehead atoms. The number of rotatable bonds is 6. The number of nitrogens with one attached hydrogen (secondary N) is 1. The standard InChI is InChI=1S/C15H27ClN4/c1-4-9-20(10-13-7-5-6-8-17-13)11-14-15(16)12(2)18-19(14)3/h13,17H,4-11H2,1-3H3. The monoisotopic (exact) mass is 298 g/mol. The third kappa shape index (κ3) is 3.96. The Kier molecular flexibility index (Phi) is 5.87. The highest BCUT2D eigenvalue weighted by atomic mass is 35.5. The molecule has 1 saturated heterocycles. The quantitative estimate of drug-likeness (QED) is 0.877. The molecule has 0 aromatic carbocycles. The van der Waals surface area contributed by atoms with Gasteiger partial charge in [0.25, 0.3) is 0 Å². The van der Waals surface area contributed by atoms with Gasteiger partial charge < -0.3 is 5.32 Å². The topological polar surface area (TPSA) is 33.1 Å². The number of nitrogens with zero attached hydrogens (tertiary/aromatic N) is 3. The fourth-order valence-electron chi connectivity index (χ4n) is 3.01. The zero-order chi connectivity index (χ0) is 14.5. The van der Waals surface area contributed by atoms with E-state index >= 15 is 0 Å². The van der Waals surface area contributed by atoms with Crippen LogP contribution in [0.25, 0.3) is 0 Å².